The quantitative estimate of drug-likeness (QED) is 0.705. The monoisotopic (exact) mass is 310 g/mol. The van der Waals surface area contributed by atoms with Crippen molar-refractivity contribution in [3.8, 4) is 0 Å². The van der Waals surface area contributed by atoms with Crippen molar-refractivity contribution in [1.82, 2.24) is 0 Å². The molecule has 1 rings (SSSR count). The molecule has 0 radical (unpaired) electrons. The third-order valence-electron chi connectivity index (χ3n) is 3.76. The van der Waals surface area contributed by atoms with E-state index in [2.05, 4.69) is 15.9 Å². The van der Waals surface area contributed by atoms with Crippen molar-refractivity contribution in [3.63, 3.8) is 0 Å². The highest BCUT2D eigenvalue weighted by Crippen LogP contribution is 2.34. The highest BCUT2D eigenvalue weighted by molar-refractivity contribution is 9.09. The Labute approximate surface area is 108 Å². The maximum absolute atomic E-state index is 11.8. The first-order chi connectivity index (χ1) is 7.47. The average molecular weight is 311 g/mol. The van der Waals surface area contributed by atoms with Gasteiger partial charge in [0.1, 0.15) is 0 Å². The summed E-state index contributed by atoms with van der Waals surface area (Å²) in [7, 11) is -2.85. The van der Waals surface area contributed by atoms with Gasteiger partial charge in [0.25, 0.3) is 0 Å². The van der Waals surface area contributed by atoms with Crippen LogP contribution in [0.1, 0.15) is 46.0 Å². The molecule has 1 atom stereocenters. The molecular formula is C12H23BrO2S. The number of alkyl halides is 1. The summed E-state index contributed by atoms with van der Waals surface area (Å²) in [5, 5.41) is 0.720. The molecule has 1 aliphatic rings. The number of halogens is 1. The number of sulfone groups is 1. The molecule has 1 aliphatic carbocycles. The van der Waals surface area contributed by atoms with E-state index in [1.54, 1.807) is 13.8 Å². The Kier molecular flexibility index (Phi) is 5.78. The van der Waals surface area contributed by atoms with Gasteiger partial charge in [0.15, 0.2) is 9.84 Å². The molecule has 1 fully saturated rings. The van der Waals surface area contributed by atoms with Gasteiger partial charge in [-0.25, -0.2) is 8.42 Å². The molecule has 0 saturated heterocycles. The lowest BCUT2D eigenvalue weighted by Crippen LogP contribution is -2.23. The fourth-order valence-corrected chi connectivity index (χ4v) is 4.37. The third kappa shape index (κ3) is 4.02. The number of hydrogen-bond acceptors (Lipinski definition) is 2. The van der Waals surface area contributed by atoms with Gasteiger partial charge in [0, 0.05) is 5.33 Å². The van der Waals surface area contributed by atoms with Gasteiger partial charge in [-0.15, -0.1) is 0 Å². The van der Waals surface area contributed by atoms with Crippen LogP contribution in [-0.2, 0) is 9.84 Å². The summed E-state index contributed by atoms with van der Waals surface area (Å²) in [5.74, 6) is 1.66. The molecule has 0 bridgehead atoms. The van der Waals surface area contributed by atoms with Crippen LogP contribution in [0.3, 0.4) is 0 Å². The van der Waals surface area contributed by atoms with Gasteiger partial charge in [-0.05, 0) is 32.1 Å². The molecule has 0 aliphatic heterocycles. The van der Waals surface area contributed by atoms with Crippen LogP contribution in [0.4, 0.5) is 0 Å². The molecule has 0 N–H and O–H groups in total. The molecule has 0 aromatic rings. The molecule has 0 spiro atoms. The van der Waals surface area contributed by atoms with Gasteiger partial charge in [-0.1, -0.05) is 41.6 Å². The molecule has 16 heavy (non-hydrogen) atoms. The minimum absolute atomic E-state index is 0.230. The zero-order valence-electron chi connectivity index (χ0n) is 10.3. The van der Waals surface area contributed by atoms with Gasteiger partial charge in [-0.2, -0.15) is 0 Å². The maximum Gasteiger partial charge on any atom is 0.152 e. The molecule has 0 heterocycles. The van der Waals surface area contributed by atoms with Crippen molar-refractivity contribution < 1.29 is 8.42 Å². The largest absolute Gasteiger partial charge is 0.229 e. The van der Waals surface area contributed by atoms with Crippen molar-refractivity contribution in [2.24, 2.45) is 11.8 Å². The highest BCUT2D eigenvalue weighted by atomic mass is 79.9. The molecule has 1 saturated carbocycles. The second-order valence-electron chi connectivity index (χ2n) is 5.16. The molecule has 96 valence electrons. The molecule has 2 nitrogen and oxygen atoms in total. The molecule has 0 aromatic carbocycles. The fraction of sp³-hybridized carbons (Fsp3) is 1.00. The lowest BCUT2D eigenvalue weighted by molar-refractivity contribution is 0.365. The van der Waals surface area contributed by atoms with E-state index in [1.165, 1.54) is 25.7 Å². The van der Waals surface area contributed by atoms with Crippen LogP contribution < -0.4 is 0 Å². The Hall–Kier alpha value is 0.430. The van der Waals surface area contributed by atoms with Crippen molar-refractivity contribution in [2.75, 3.05) is 11.1 Å². The fourth-order valence-electron chi connectivity index (χ4n) is 2.42. The van der Waals surface area contributed by atoms with Crippen LogP contribution in [0.5, 0.6) is 0 Å². The Morgan fingerprint density at radius 2 is 1.81 bits per heavy atom. The van der Waals surface area contributed by atoms with E-state index in [0.717, 1.165) is 17.7 Å². The predicted octanol–water partition coefficient (Wildman–Crippen LogP) is 3.40. The van der Waals surface area contributed by atoms with E-state index in [4.69, 9.17) is 0 Å². The lowest BCUT2D eigenvalue weighted by atomic mass is 9.90. The summed E-state index contributed by atoms with van der Waals surface area (Å²) in [5.41, 5.74) is 0. The Bertz CT molecular complexity index is 292. The van der Waals surface area contributed by atoms with Crippen LogP contribution in [0.25, 0.3) is 0 Å². The normalized spacial score (nSPS) is 20.5. The van der Waals surface area contributed by atoms with Crippen LogP contribution >= 0.6 is 15.9 Å². The van der Waals surface area contributed by atoms with Crippen LogP contribution in [0, 0.1) is 11.8 Å². The topological polar surface area (TPSA) is 34.1 Å². The SMILES string of the molecule is CC(C)S(=O)(=O)CCC(CBr)C1CCCC1. The maximum atomic E-state index is 11.8. The van der Waals surface area contributed by atoms with Gasteiger partial charge in [0.05, 0.1) is 11.0 Å². The Morgan fingerprint density at radius 3 is 2.25 bits per heavy atom. The van der Waals surface area contributed by atoms with Gasteiger partial charge >= 0.3 is 0 Å². The van der Waals surface area contributed by atoms with Crippen LogP contribution in [-0.4, -0.2) is 24.8 Å². The van der Waals surface area contributed by atoms with E-state index < -0.39 is 9.84 Å². The third-order valence-corrected chi connectivity index (χ3v) is 6.83. The van der Waals surface area contributed by atoms with E-state index in [0.29, 0.717) is 11.7 Å². The number of rotatable bonds is 6. The summed E-state index contributed by atoms with van der Waals surface area (Å²) in [6, 6.07) is 0. The van der Waals surface area contributed by atoms with Crippen molar-refractivity contribution in [2.45, 2.75) is 51.2 Å². The van der Waals surface area contributed by atoms with Crippen molar-refractivity contribution in [1.29, 1.82) is 0 Å². The second-order valence-corrected chi connectivity index (χ2v) is 8.49. The summed E-state index contributed by atoms with van der Waals surface area (Å²) in [4.78, 5) is 0. The predicted molar refractivity (Wildman–Crippen MR) is 72.8 cm³/mol. The molecule has 0 amide bonds. The van der Waals surface area contributed by atoms with Gasteiger partial charge in [-0.3, -0.25) is 0 Å². The van der Waals surface area contributed by atoms with E-state index in [1.807, 2.05) is 0 Å². The first kappa shape index (κ1) is 14.5. The minimum Gasteiger partial charge on any atom is -0.229 e. The summed E-state index contributed by atoms with van der Waals surface area (Å²) in [6.45, 7) is 3.54. The zero-order valence-corrected chi connectivity index (χ0v) is 12.7. The molecule has 0 aromatic heterocycles. The Morgan fingerprint density at radius 1 is 1.25 bits per heavy atom. The second kappa shape index (κ2) is 6.39. The first-order valence-electron chi connectivity index (χ1n) is 6.25. The zero-order chi connectivity index (χ0) is 12.2. The van der Waals surface area contributed by atoms with Crippen LogP contribution in [0.2, 0.25) is 0 Å². The van der Waals surface area contributed by atoms with Crippen molar-refractivity contribution in [3.05, 3.63) is 0 Å². The lowest BCUT2D eigenvalue weighted by Gasteiger charge is -2.21. The van der Waals surface area contributed by atoms with Crippen LogP contribution in [0.15, 0.2) is 0 Å². The summed E-state index contributed by atoms with van der Waals surface area (Å²) < 4.78 is 23.5. The Balaban J connectivity index is 2.45. The molecule has 4 heteroatoms. The molecule has 1 unspecified atom stereocenters. The smallest absolute Gasteiger partial charge is 0.152 e. The molecular weight excluding hydrogens is 288 g/mol. The van der Waals surface area contributed by atoms with Gasteiger partial charge < -0.3 is 0 Å². The van der Waals surface area contributed by atoms with E-state index >= 15 is 0 Å². The van der Waals surface area contributed by atoms with Gasteiger partial charge in [0.2, 0.25) is 0 Å². The average Bonchev–Trinajstić information content (AvgIpc) is 2.71. The first-order valence-corrected chi connectivity index (χ1v) is 9.08. The van der Waals surface area contributed by atoms with E-state index in [-0.39, 0.29) is 5.25 Å². The standard InChI is InChI=1S/C12H23BrO2S/c1-10(2)16(14,15)8-7-12(9-13)11-5-3-4-6-11/h10-12H,3-9H2,1-2H3. The highest BCUT2D eigenvalue weighted by Gasteiger charge is 2.26. The van der Waals surface area contributed by atoms with Crippen molar-refractivity contribution >= 4 is 25.8 Å². The number of hydrogen-bond donors (Lipinski definition) is 0. The summed E-state index contributed by atoms with van der Waals surface area (Å²) in [6.07, 6.45) is 6.06. The summed E-state index contributed by atoms with van der Waals surface area (Å²) >= 11 is 3.54. The minimum atomic E-state index is -2.85. The van der Waals surface area contributed by atoms with E-state index in [9.17, 15) is 8.42 Å².